The van der Waals surface area contributed by atoms with Crippen LogP contribution in [0.5, 0.6) is 0 Å². The van der Waals surface area contributed by atoms with E-state index < -0.39 is 18.1 Å². The molecule has 3 atom stereocenters. The molecule has 0 radical (unpaired) electrons. The molecular formula is C16H24O3. The van der Waals surface area contributed by atoms with E-state index in [0.29, 0.717) is 12.8 Å². The van der Waals surface area contributed by atoms with E-state index in [1.807, 2.05) is 44.2 Å². The molecule has 1 aromatic carbocycles. The van der Waals surface area contributed by atoms with Gasteiger partial charge in [-0.15, -0.1) is 0 Å². The molecule has 2 N–H and O–H groups in total. The minimum Gasteiger partial charge on any atom is -0.392 e. The van der Waals surface area contributed by atoms with Gasteiger partial charge >= 0.3 is 0 Å². The van der Waals surface area contributed by atoms with Gasteiger partial charge in [-0.3, -0.25) is 4.79 Å². The molecule has 0 aliphatic heterocycles. The highest BCUT2D eigenvalue weighted by Gasteiger charge is 2.32. The Kier molecular flexibility index (Phi) is 6.19. The zero-order chi connectivity index (χ0) is 14.4. The first-order valence-corrected chi connectivity index (χ1v) is 6.84. The first kappa shape index (κ1) is 15.9. The van der Waals surface area contributed by atoms with Crippen LogP contribution in [0.4, 0.5) is 0 Å². The van der Waals surface area contributed by atoms with Crippen molar-refractivity contribution >= 4 is 5.78 Å². The van der Waals surface area contributed by atoms with Gasteiger partial charge in [0.1, 0.15) is 5.78 Å². The van der Waals surface area contributed by atoms with Crippen molar-refractivity contribution in [3.63, 3.8) is 0 Å². The first-order valence-electron chi connectivity index (χ1n) is 6.84. The summed E-state index contributed by atoms with van der Waals surface area (Å²) in [6.07, 6.45) is -0.396. The molecule has 0 aliphatic rings. The van der Waals surface area contributed by atoms with Crippen LogP contribution in [0.2, 0.25) is 0 Å². The summed E-state index contributed by atoms with van der Waals surface area (Å²) >= 11 is 0. The SMILES string of the molecule is CC(=O)[C@@H]([C@H](O)CCc1ccccc1)[C@@H](O)C(C)C. The lowest BCUT2D eigenvalue weighted by molar-refractivity contribution is -0.131. The van der Waals surface area contributed by atoms with Gasteiger partial charge in [0.05, 0.1) is 18.1 Å². The maximum atomic E-state index is 11.6. The summed E-state index contributed by atoms with van der Waals surface area (Å²) in [4.78, 5) is 11.6. The van der Waals surface area contributed by atoms with Crippen LogP contribution in [0.3, 0.4) is 0 Å². The molecule has 0 aromatic heterocycles. The number of hydrogen-bond donors (Lipinski definition) is 2. The molecule has 1 aromatic rings. The molecule has 0 fully saturated rings. The van der Waals surface area contributed by atoms with Gasteiger partial charge in [-0.25, -0.2) is 0 Å². The van der Waals surface area contributed by atoms with Gasteiger partial charge < -0.3 is 10.2 Å². The standard InChI is InChI=1S/C16H24O3/c1-11(2)16(19)15(12(3)17)14(18)10-9-13-7-5-4-6-8-13/h4-8,11,14-16,18-19H,9-10H2,1-3H3/t14-,15+,16+/m1/s1. The van der Waals surface area contributed by atoms with Crippen molar-refractivity contribution in [2.45, 2.75) is 45.8 Å². The van der Waals surface area contributed by atoms with Crippen LogP contribution in [-0.2, 0) is 11.2 Å². The number of carbonyl (C=O) groups is 1. The van der Waals surface area contributed by atoms with Gasteiger partial charge in [0, 0.05) is 0 Å². The van der Waals surface area contributed by atoms with E-state index in [4.69, 9.17) is 0 Å². The summed E-state index contributed by atoms with van der Waals surface area (Å²) in [6, 6.07) is 9.84. The molecule has 0 saturated heterocycles. The molecule has 0 unspecified atom stereocenters. The quantitative estimate of drug-likeness (QED) is 0.794. The number of Topliss-reactive ketones (excluding diaryl/α,β-unsaturated/α-hetero) is 1. The third-order valence-corrected chi connectivity index (χ3v) is 3.51. The summed E-state index contributed by atoms with van der Waals surface area (Å²) in [6.45, 7) is 5.14. The van der Waals surface area contributed by atoms with Gasteiger partial charge in [0.25, 0.3) is 0 Å². The van der Waals surface area contributed by atoms with E-state index in [9.17, 15) is 15.0 Å². The Bertz CT molecular complexity index is 386. The zero-order valence-corrected chi connectivity index (χ0v) is 11.9. The summed E-state index contributed by atoms with van der Waals surface area (Å²) < 4.78 is 0. The molecule has 0 spiro atoms. The number of aryl methyl sites for hydroxylation is 1. The minimum atomic E-state index is -0.796. The van der Waals surface area contributed by atoms with E-state index in [2.05, 4.69) is 0 Å². The Labute approximate surface area is 115 Å². The maximum absolute atomic E-state index is 11.6. The van der Waals surface area contributed by atoms with Crippen LogP contribution in [0.15, 0.2) is 30.3 Å². The number of benzene rings is 1. The lowest BCUT2D eigenvalue weighted by Gasteiger charge is -2.28. The Morgan fingerprint density at radius 2 is 1.74 bits per heavy atom. The van der Waals surface area contributed by atoms with E-state index >= 15 is 0 Å². The summed E-state index contributed by atoms with van der Waals surface area (Å²) in [7, 11) is 0. The second kappa shape index (κ2) is 7.41. The molecule has 0 heterocycles. The molecule has 0 saturated carbocycles. The summed E-state index contributed by atoms with van der Waals surface area (Å²) in [5.41, 5.74) is 1.13. The first-order chi connectivity index (χ1) is 8.93. The molecule has 0 aliphatic carbocycles. The zero-order valence-electron chi connectivity index (χ0n) is 11.9. The monoisotopic (exact) mass is 264 g/mol. The fraction of sp³-hybridized carbons (Fsp3) is 0.562. The highest BCUT2D eigenvalue weighted by molar-refractivity contribution is 5.79. The lowest BCUT2D eigenvalue weighted by Crippen LogP contribution is -2.40. The topological polar surface area (TPSA) is 57.5 Å². The molecule has 106 valence electrons. The van der Waals surface area contributed by atoms with E-state index in [1.54, 1.807) is 0 Å². The van der Waals surface area contributed by atoms with Gasteiger partial charge in [-0.1, -0.05) is 44.2 Å². The second-order valence-corrected chi connectivity index (χ2v) is 5.46. The lowest BCUT2D eigenvalue weighted by atomic mass is 9.84. The number of aliphatic hydroxyl groups is 2. The smallest absolute Gasteiger partial charge is 0.138 e. The van der Waals surface area contributed by atoms with Crippen LogP contribution in [0.1, 0.15) is 32.8 Å². The average molecular weight is 264 g/mol. The highest BCUT2D eigenvalue weighted by atomic mass is 16.3. The molecular weight excluding hydrogens is 240 g/mol. The van der Waals surface area contributed by atoms with E-state index in [-0.39, 0.29) is 11.7 Å². The molecule has 19 heavy (non-hydrogen) atoms. The normalized spacial score (nSPS) is 16.1. The van der Waals surface area contributed by atoms with Crippen molar-refractivity contribution in [1.82, 2.24) is 0 Å². The van der Waals surface area contributed by atoms with Crippen molar-refractivity contribution in [2.24, 2.45) is 11.8 Å². The Morgan fingerprint density at radius 3 is 2.21 bits per heavy atom. The molecule has 3 nitrogen and oxygen atoms in total. The minimum absolute atomic E-state index is 0.0414. The maximum Gasteiger partial charge on any atom is 0.138 e. The predicted molar refractivity (Wildman–Crippen MR) is 75.8 cm³/mol. The van der Waals surface area contributed by atoms with E-state index in [1.165, 1.54) is 6.92 Å². The van der Waals surface area contributed by atoms with Crippen molar-refractivity contribution in [1.29, 1.82) is 0 Å². The number of hydrogen-bond acceptors (Lipinski definition) is 3. The van der Waals surface area contributed by atoms with Crippen molar-refractivity contribution < 1.29 is 15.0 Å². The molecule has 0 amide bonds. The van der Waals surface area contributed by atoms with Crippen molar-refractivity contribution in [3.8, 4) is 0 Å². The summed E-state index contributed by atoms with van der Waals surface area (Å²) in [5.74, 6) is -0.884. The fourth-order valence-electron chi connectivity index (χ4n) is 2.29. The Balaban J connectivity index is 2.63. The third kappa shape index (κ3) is 4.77. The van der Waals surface area contributed by atoms with Crippen LogP contribution >= 0.6 is 0 Å². The van der Waals surface area contributed by atoms with Crippen LogP contribution < -0.4 is 0 Å². The van der Waals surface area contributed by atoms with Crippen LogP contribution in [0.25, 0.3) is 0 Å². The predicted octanol–water partition coefficient (Wildman–Crippen LogP) is 2.20. The van der Waals surface area contributed by atoms with Gasteiger partial charge in [-0.2, -0.15) is 0 Å². The number of ketones is 1. The molecule has 3 heteroatoms. The number of aliphatic hydroxyl groups excluding tert-OH is 2. The molecule has 1 rings (SSSR count). The van der Waals surface area contributed by atoms with E-state index in [0.717, 1.165) is 5.56 Å². The largest absolute Gasteiger partial charge is 0.392 e. The van der Waals surface area contributed by atoms with Crippen molar-refractivity contribution in [2.75, 3.05) is 0 Å². The van der Waals surface area contributed by atoms with Crippen LogP contribution in [0, 0.1) is 11.8 Å². The van der Waals surface area contributed by atoms with Gasteiger partial charge in [0.15, 0.2) is 0 Å². The average Bonchev–Trinajstić information content (AvgIpc) is 2.37. The Morgan fingerprint density at radius 1 is 1.16 bits per heavy atom. The van der Waals surface area contributed by atoms with Gasteiger partial charge in [-0.05, 0) is 31.2 Å². The number of rotatable bonds is 7. The van der Waals surface area contributed by atoms with Gasteiger partial charge in [0.2, 0.25) is 0 Å². The second-order valence-electron chi connectivity index (χ2n) is 5.46. The third-order valence-electron chi connectivity index (χ3n) is 3.51. The van der Waals surface area contributed by atoms with Crippen LogP contribution in [-0.4, -0.2) is 28.2 Å². The Hall–Kier alpha value is -1.19. The number of carbonyl (C=O) groups excluding carboxylic acids is 1. The fourth-order valence-corrected chi connectivity index (χ4v) is 2.29. The highest BCUT2D eigenvalue weighted by Crippen LogP contribution is 2.21. The molecule has 0 bridgehead atoms. The van der Waals surface area contributed by atoms with Crippen molar-refractivity contribution in [3.05, 3.63) is 35.9 Å². The summed E-state index contributed by atoms with van der Waals surface area (Å²) in [5, 5.41) is 20.2.